The van der Waals surface area contributed by atoms with Crippen molar-refractivity contribution in [3.05, 3.63) is 70.0 Å². The quantitative estimate of drug-likeness (QED) is 0.460. The lowest BCUT2D eigenvalue weighted by molar-refractivity contribution is 0.0421. The maximum Gasteiger partial charge on any atom is 0.254 e. The Morgan fingerprint density at radius 2 is 1.92 bits per heavy atom. The van der Waals surface area contributed by atoms with Crippen LogP contribution in [0.1, 0.15) is 95.4 Å². The highest BCUT2D eigenvalue weighted by Gasteiger charge is 2.38. The van der Waals surface area contributed by atoms with E-state index in [9.17, 15) is 4.79 Å². The van der Waals surface area contributed by atoms with Crippen LogP contribution in [0.15, 0.2) is 36.4 Å². The number of aryl methyl sites for hydroxylation is 1. The zero-order valence-corrected chi connectivity index (χ0v) is 21.7. The summed E-state index contributed by atoms with van der Waals surface area (Å²) < 4.78 is 21.6. The normalized spacial score (nSPS) is 21.2. The number of halogens is 1. The molecule has 1 saturated carbocycles. The largest absolute Gasteiger partial charge is 0.370 e. The summed E-state index contributed by atoms with van der Waals surface area (Å²) in [6, 6.07) is 12.8. The van der Waals surface area contributed by atoms with E-state index in [1.807, 2.05) is 13.0 Å². The Hall–Kier alpha value is -3.57. The van der Waals surface area contributed by atoms with Crippen molar-refractivity contribution in [2.45, 2.75) is 69.6 Å². The first-order chi connectivity index (χ1) is 18.4. The molecule has 7 nitrogen and oxygen atoms in total. The van der Waals surface area contributed by atoms with Crippen LogP contribution in [0.3, 0.4) is 0 Å². The van der Waals surface area contributed by atoms with Gasteiger partial charge in [0.05, 0.1) is 11.6 Å². The Kier molecular flexibility index (Phi) is 6.48. The first kappa shape index (κ1) is 24.7. The number of hydrogen-bond acceptors (Lipinski definition) is 5. The Morgan fingerprint density at radius 3 is 2.55 bits per heavy atom. The molecule has 2 aliphatic heterocycles. The molecule has 3 fully saturated rings. The van der Waals surface area contributed by atoms with Gasteiger partial charge in [-0.3, -0.25) is 9.89 Å². The molecule has 3 aromatic rings. The molecule has 1 N–H and O–H groups in total. The summed E-state index contributed by atoms with van der Waals surface area (Å²) >= 11 is 0. The van der Waals surface area contributed by atoms with Gasteiger partial charge in [0.25, 0.3) is 5.91 Å². The van der Waals surface area contributed by atoms with Crippen molar-refractivity contribution in [3.8, 4) is 17.5 Å². The van der Waals surface area contributed by atoms with Crippen molar-refractivity contribution in [1.29, 1.82) is 5.26 Å². The van der Waals surface area contributed by atoms with E-state index < -0.39 is 5.67 Å². The lowest BCUT2D eigenvalue weighted by Gasteiger charge is -2.37. The van der Waals surface area contributed by atoms with Crippen LogP contribution in [0.2, 0.25) is 0 Å². The molecule has 1 aromatic heterocycles. The van der Waals surface area contributed by atoms with Gasteiger partial charge in [0.15, 0.2) is 11.6 Å². The van der Waals surface area contributed by atoms with Gasteiger partial charge in [-0.25, -0.2) is 9.37 Å². The van der Waals surface area contributed by atoms with Crippen molar-refractivity contribution < 1.29 is 13.9 Å². The number of rotatable bonds is 5. The molecule has 196 valence electrons. The van der Waals surface area contributed by atoms with Crippen LogP contribution in [0, 0.1) is 18.3 Å². The number of likely N-dealkylation sites (tertiary alicyclic amines) is 1. The van der Waals surface area contributed by atoms with E-state index in [0.29, 0.717) is 41.5 Å². The van der Waals surface area contributed by atoms with Crippen LogP contribution >= 0.6 is 0 Å². The van der Waals surface area contributed by atoms with Crippen molar-refractivity contribution in [1.82, 2.24) is 20.1 Å². The fraction of sp³-hybridized carbons (Fsp3) is 0.467. The summed E-state index contributed by atoms with van der Waals surface area (Å²) in [4.78, 5) is 20.3. The molecule has 6 rings (SSSR count). The number of benzene rings is 2. The molecular formula is C30H32FN5O2. The van der Waals surface area contributed by atoms with Crippen LogP contribution < -0.4 is 0 Å². The number of nitrogens with one attached hydrogen (secondary N) is 1. The van der Waals surface area contributed by atoms with Crippen LogP contribution in [0.25, 0.3) is 11.4 Å². The Morgan fingerprint density at radius 1 is 1.16 bits per heavy atom. The fourth-order valence-electron chi connectivity index (χ4n) is 5.91. The number of carbonyl (C=O) groups is 1. The van der Waals surface area contributed by atoms with E-state index in [0.717, 1.165) is 49.2 Å². The number of nitrogens with zero attached hydrogens (tertiary/aromatic N) is 4. The van der Waals surface area contributed by atoms with E-state index in [2.05, 4.69) is 22.3 Å². The van der Waals surface area contributed by atoms with E-state index in [4.69, 9.17) is 15.0 Å². The summed E-state index contributed by atoms with van der Waals surface area (Å²) in [6.45, 7) is 3.38. The maximum absolute atomic E-state index is 15.8. The van der Waals surface area contributed by atoms with Gasteiger partial charge in [-0.15, -0.1) is 0 Å². The molecule has 1 amide bonds. The van der Waals surface area contributed by atoms with E-state index in [-0.39, 0.29) is 24.9 Å². The molecule has 1 atom stereocenters. The minimum absolute atomic E-state index is 0.0552. The maximum atomic E-state index is 15.8. The second-order valence-corrected chi connectivity index (χ2v) is 10.9. The number of alkyl halides is 1. The number of piperidine rings is 1. The molecule has 0 bridgehead atoms. The summed E-state index contributed by atoms with van der Waals surface area (Å²) in [6.07, 6.45) is 5.79. The number of carbonyl (C=O) groups excluding carboxylic acids is 1. The highest BCUT2D eigenvalue weighted by Crippen LogP contribution is 2.43. The second kappa shape index (κ2) is 9.95. The van der Waals surface area contributed by atoms with Crippen molar-refractivity contribution >= 4 is 5.91 Å². The third-order valence-electron chi connectivity index (χ3n) is 8.52. The van der Waals surface area contributed by atoms with Gasteiger partial charge < -0.3 is 9.64 Å². The lowest BCUT2D eigenvalue weighted by Crippen LogP contribution is -2.43. The number of nitriles is 1. The Balaban J connectivity index is 1.25. The first-order valence-electron chi connectivity index (χ1n) is 13.6. The van der Waals surface area contributed by atoms with Crippen LogP contribution in [0.4, 0.5) is 4.39 Å². The number of amides is 1. The minimum Gasteiger partial charge on any atom is -0.370 e. The number of aromatic amines is 1. The minimum atomic E-state index is -1.50. The van der Waals surface area contributed by atoms with Gasteiger partial charge in [-0.2, -0.15) is 10.4 Å². The number of aromatic nitrogens is 3. The van der Waals surface area contributed by atoms with Crippen molar-refractivity contribution in [2.75, 3.05) is 19.7 Å². The summed E-state index contributed by atoms with van der Waals surface area (Å²) in [5, 5.41) is 16.6. The molecule has 2 saturated heterocycles. The number of hydrogen-bond donors (Lipinski definition) is 1. The molecule has 0 unspecified atom stereocenters. The Bertz CT molecular complexity index is 1370. The molecule has 0 radical (unpaired) electrons. The van der Waals surface area contributed by atoms with Gasteiger partial charge in [-0.1, -0.05) is 24.6 Å². The molecule has 38 heavy (non-hydrogen) atoms. The second-order valence-electron chi connectivity index (χ2n) is 10.9. The summed E-state index contributed by atoms with van der Waals surface area (Å²) in [7, 11) is 0. The molecule has 2 aromatic carbocycles. The molecule has 8 heteroatoms. The topological polar surface area (TPSA) is 94.9 Å². The average Bonchev–Trinajstić information content (AvgIpc) is 3.61. The molecule has 3 heterocycles. The molecule has 0 spiro atoms. The number of H-pyrrole nitrogens is 1. The SMILES string of the molecule is Cc1cc(C2CCC2)c(-c2n[nH]c([C@@H]3CCCO3)n2)cc1C(=O)N1CCC(F)(c2ccc(C#N)cc2)CC1. The smallest absolute Gasteiger partial charge is 0.254 e. The molecule has 3 aliphatic rings. The van der Waals surface area contributed by atoms with Gasteiger partial charge in [0.2, 0.25) is 0 Å². The standard InChI is InChI=1S/C30H32FN5O2/c1-19-16-24(21-4-2-5-21)25(27-33-28(35-34-27)26-6-3-15-38-26)17-23(19)29(37)36-13-11-30(31,12-14-36)22-9-7-20(18-32)8-10-22/h7-10,16-17,21,26H,2-6,11-15H2,1H3,(H,33,34,35)/t26-/m0/s1. The van der Waals surface area contributed by atoms with E-state index in [1.54, 1.807) is 29.2 Å². The van der Waals surface area contributed by atoms with Crippen molar-refractivity contribution in [2.24, 2.45) is 0 Å². The number of ether oxygens (including phenoxy) is 1. The van der Waals surface area contributed by atoms with Gasteiger partial charge in [0, 0.05) is 43.7 Å². The molecular weight excluding hydrogens is 481 g/mol. The first-order valence-corrected chi connectivity index (χ1v) is 13.6. The highest BCUT2D eigenvalue weighted by molar-refractivity contribution is 5.97. The van der Waals surface area contributed by atoms with Crippen LogP contribution in [-0.2, 0) is 10.4 Å². The van der Waals surface area contributed by atoms with Crippen molar-refractivity contribution in [3.63, 3.8) is 0 Å². The monoisotopic (exact) mass is 513 g/mol. The summed E-state index contributed by atoms with van der Waals surface area (Å²) in [5.41, 5.74) is 3.23. The highest BCUT2D eigenvalue weighted by atomic mass is 19.1. The zero-order valence-electron chi connectivity index (χ0n) is 21.7. The lowest BCUT2D eigenvalue weighted by atomic mass is 9.77. The van der Waals surface area contributed by atoms with E-state index >= 15 is 4.39 Å². The average molecular weight is 514 g/mol. The third kappa shape index (κ3) is 4.49. The Labute approximate surface area is 222 Å². The van der Waals surface area contributed by atoms with E-state index in [1.165, 1.54) is 12.0 Å². The van der Waals surface area contributed by atoms with Gasteiger partial charge >= 0.3 is 0 Å². The predicted octanol–water partition coefficient (Wildman–Crippen LogP) is 5.87. The third-order valence-corrected chi connectivity index (χ3v) is 8.52. The van der Waals surface area contributed by atoms with Gasteiger partial charge in [0.1, 0.15) is 11.8 Å². The predicted molar refractivity (Wildman–Crippen MR) is 140 cm³/mol. The van der Waals surface area contributed by atoms with Gasteiger partial charge in [-0.05, 0) is 73.4 Å². The zero-order chi connectivity index (χ0) is 26.3. The van der Waals surface area contributed by atoms with Crippen LogP contribution in [-0.4, -0.2) is 45.7 Å². The molecule has 1 aliphatic carbocycles. The fourth-order valence-corrected chi connectivity index (χ4v) is 5.91. The van der Waals surface area contributed by atoms with Crippen LogP contribution in [0.5, 0.6) is 0 Å². The summed E-state index contributed by atoms with van der Waals surface area (Å²) in [5.74, 6) is 1.71.